The predicted molar refractivity (Wildman–Crippen MR) is 132 cm³/mol. The van der Waals surface area contributed by atoms with E-state index < -0.39 is 22.0 Å². The highest BCUT2D eigenvalue weighted by Gasteiger charge is 2.35. The van der Waals surface area contributed by atoms with E-state index in [1.54, 1.807) is 31.6 Å². The Morgan fingerprint density at radius 1 is 1.18 bits per heavy atom. The van der Waals surface area contributed by atoms with Gasteiger partial charge in [-0.2, -0.15) is 9.40 Å². The van der Waals surface area contributed by atoms with E-state index in [9.17, 15) is 22.8 Å². The molecule has 0 bridgehead atoms. The molecule has 5 rings (SSSR count). The number of ether oxygens (including phenoxy) is 1. The van der Waals surface area contributed by atoms with Gasteiger partial charge in [0.25, 0.3) is 0 Å². The molecule has 1 atom stereocenters. The molecule has 0 spiro atoms. The summed E-state index contributed by atoms with van der Waals surface area (Å²) in [5.41, 5.74) is 2.32. The van der Waals surface area contributed by atoms with Crippen molar-refractivity contribution >= 4 is 38.8 Å². The highest BCUT2D eigenvalue weighted by molar-refractivity contribution is 7.89. The Morgan fingerprint density at radius 2 is 1.92 bits per heavy atom. The van der Waals surface area contributed by atoms with Crippen LogP contribution in [0.25, 0.3) is 10.9 Å². The number of carbonyl (C=O) groups excluding carboxylic acids is 3. The average molecular weight is 545 g/mol. The average Bonchev–Trinajstić information content (AvgIpc) is 3.41. The highest BCUT2D eigenvalue weighted by atomic mass is 32.2. The number of rotatable bonds is 5. The van der Waals surface area contributed by atoms with Crippen LogP contribution in [-0.2, 0) is 38.0 Å². The molecule has 13 nitrogen and oxygen atoms in total. The predicted octanol–water partition coefficient (Wildman–Crippen LogP) is 1.34. The number of hydrogen-bond donors (Lipinski definition) is 1. The maximum atomic E-state index is 13.0. The molecule has 1 unspecified atom stereocenters. The highest BCUT2D eigenvalue weighted by Crippen LogP contribution is 2.32. The van der Waals surface area contributed by atoms with Crippen molar-refractivity contribution in [3.8, 4) is 0 Å². The molecule has 14 heteroatoms. The molecule has 3 aromatic rings. The lowest BCUT2D eigenvalue weighted by molar-refractivity contribution is -0.134. The summed E-state index contributed by atoms with van der Waals surface area (Å²) in [6.07, 6.45) is 0.0795. The summed E-state index contributed by atoms with van der Waals surface area (Å²) < 4.78 is 39.6. The van der Waals surface area contributed by atoms with E-state index >= 15 is 0 Å². The van der Waals surface area contributed by atoms with E-state index in [0.717, 1.165) is 10.9 Å². The Hall–Kier alpha value is -3.78. The van der Waals surface area contributed by atoms with E-state index in [-0.39, 0.29) is 61.7 Å². The van der Waals surface area contributed by atoms with Crippen molar-refractivity contribution in [2.45, 2.75) is 44.1 Å². The first-order chi connectivity index (χ1) is 18.1. The number of benzene rings is 1. The molecule has 0 aliphatic carbocycles. The number of piperazine rings is 1. The molecule has 3 amide bonds. The van der Waals surface area contributed by atoms with Gasteiger partial charge in [-0.3, -0.25) is 19.6 Å². The smallest absolute Gasteiger partial charge is 0.410 e. The lowest BCUT2D eigenvalue weighted by Crippen LogP contribution is -2.50. The van der Waals surface area contributed by atoms with Crippen LogP contribution in [-0.4, -0.2) is 76.6 Å². The number of aromatic nitrogens is 3. The number of para-hydroxylation sites is 1. The molecule has 2 aliphatic rings. The van der Waals surface area contributed by atoms with Crippen molar-refractivity contribution in [2.75, 3.05) is 26.2 Å². The van der Waals surface area contributed by atoms with Crippen molar-refractivity contribution in [1.82, 2.24) is 29.5 Å². The zero-order chi connectivity index (χ0) is 27.2. The maximum Gasteiger partial charge on any atom is 0.410 e. The molecule has 1 aromatic carbocycles. The van der Waals surface area contributed by atoms with Crippen LogP contribution in [0.4, 0.5) is 4.79 Å². The fourth-order valence-corrected chi connectivity index (χ4v) is 6.80. The number of hydrogen-bond acceptors (Lipinski definition) is 9. The summed E-state index contributed by atoms with van der Waals surface area (Å²) in [4.78, 5) is 38.3. The van der Waals surface area contributed by atoms with E-state index in [1.165, 1.54) is 9.21 Å². The molecule has 38 heavy (non-hydrogen) atoms. The molecular formula is C24H28N6O7S. The molecular weight excluding hydrogens is 516 g/mol. The van der Waals surface area contributed by atoms with Gasteiger partial charge in [0.2, 0.25) is 21.8 Å². The molecule has 1 N–H and O–H groups in total. The Bertz CT molecular complexity index is 1520. The summed E-state index contributed by atoms with van der Waals surface area (Å²) in [6, 6.07) is 5.48. The Labute approximate surface area is 218 Å². The standard InChI is InChI=1S/C24H28N6O7S/c1-14-22(15(2)37-27-14)38(34,35)30-11-9-29(10-12-30)24(33)36-13-16-5-4-6-17-20(26-28(3)21(16)17)18-7-8-19(31)25-23(18)32/h4-6,18H,7-13H2,1-3H3,(H,25,31,32). The minimum Gasteiger partial charge on any atom is -0.444 e. The molecule has 0 radical (unpaired) electrons. The summed E-state index contributed by atoms with van der Waals surface area (Å²) in [5.74, 6) is -0.962. The second kappa shape index (κ2) is 9.83. The van der Waals surface area contributed by atoms with Gasteiger partial charge >= 0.3 is 6.09 Å². The van der Waals surface area contributed by atoms with E-state index in [2.05, 4.69) is 15.6 Å². The number of nitrogens with zero attached hydrogens (tertiary/aromatic N) is 5. The van der Waals surface area contributed by atoms with Crippen LogP contribution in [0.1, 0.15) is 41.5 Å². The van der Waals surface area contributed by atoms with Crippen LogP contribution in [0.3, 0.4) is 0 Å². The Balaban J connectivity index is 1.25. The number of piperidine rings is 1. The van der Waals surface area contributed by atoms with Crippen molar-refractivity contribution in [1.29, 1.82) is 0 Å². The van der Waals surface area contributed by atoms with Gasteiger partial charge in [-0.1, -0.05) is 23.4 Å². The molecule has 2 fully saturated rings. The van der Waals surface area contributed by atoms with Crippen LogP contribution < -0.4 is 5.32 Å². The fraction of sp³-hybridized carbons (Fsp3) is 0.458. The van der Waals surface area contributed by atoms with E-state index in [1.807, 2.05) is 12.1 Å². The van der Waals surface area contributed by atoms with Crippen LogP contribution in [0.2, 0.25) is 0 Å². The number of imide groups is 1. The first-order valence-electron chi connectivity index (χ1n) is 12.2. The lowest BCUT2D eigenvalue weighted by atomic mass is 9.92. The van der Waals surface area contributed by atoms with Crippen molar-refractivity contribution in [3.05, 3.63) is 40.9 Å². The van der Waals surface area contributed by atoms with Gasteiger partial charge in [-0.05, 0) is 20.3 Å². The zero-order valence-electron chi connectivity index (χ0n) is 21.3. The van der Waals surface area contributed by atoms with E-state index in [4.69, 9.17) is 9.26 Å². The number of nitrogens with one attached hydrogen (secondary N) is 1. The number of carbonyl (C=O) groups is 3. The van der Waals surface area contributed by atoms with Crippen molar-refractivity contribution in [2.24, 2.45) is 7.05 Å². The summed E-state index contributed by atoms with van der Waals surface area (Å²) in [5, 5.41) is 11.4. The molecule has 2 aromatic heterocycles. The third kappa shape index (κ3) is 4.53. The van der Waals surface area contributed by atoms with Crippen LogP contribution in [0, 0.1) is 13.8 Å². The largest absolute Gasteiger partial charge is 0.444 e. The van der Waals surface area contributed by atoms with Crippen molar-refractivity contribution in [3.63, 3.8) is 0 Å². The third-order valence-electron chi connectivity index (χ3n) is 6.96. The first-order valence-corrected chi connectivity index (χ1v) is 13.6. The third-order valence-corrected chi connectivity index (χ3v) is 9.10. The molecule has 2 saturated heterocycles. The van der Waals surface area contributed by atoms with Gasteiger partial charge in [0, 0.05) is 50.6 Å². The van der Waals surface area contributed by atoms with Crippen LogP contribution >= 0.6 is 0 Å². The Morgan fingerprint density at radius 3 is 2.58 bits per heavy atom. The number of amides is 3. The first kappa shape index (κ1) is 25.9. The maximum absolute atomic E-state index is 13.0. The van der Waals surface area contributed by atoms with Gasteiger partial charge < -0.3 is 14.2 Å². The zero-order valence-corrected chi connectivity index (χ0v) is 22.1. The van der Waals surface area contributed by atoms with Gasteiger partial charge in [0.05, 0.1) is 17.1 Å². The molecule has 0 saturated carbocycles. The number of fused-ring (bicyclic) bond motifs is 1. The normalized spacial score (nSPS) is 19.1. The minimum atomic E-state index is -3.79. The second-order valence-corrected chi connectivity index (χ2v) is 11.3. The van der Waals surface area contributed by atoms with Crippen molar-refractivity contribution < 1.29 is 32.1 Å². The minimum absolute atomic E-state index is 0.0257. The molecule has 202 valence electrons. The second-order valence-electron chi connectivity index (χ2n) is 9.42. The quantitative estimate of drug-likeness (QED) is 0.468. The summed E-state index contributed by atoms with van der Waals surface area (Å²) >= 11 is 0. The molecule has 4 heterocycles. The molecule has 2 aliphatic heterocycles. The Kier molecular flexibility index (Phi) is 6.69. The summed E-state index contributed by atoms with van der Waals surface area (Å²) in [6.45, 7) is 3.70. The van der Waals surface area contributed by atoms with Crippen LogP contribution in [0.5, 0.6) is 0 Å². The SMILES string of the molecule is Cc1noc(C)c1S(=O)(=O)N1CCN(C(=O)OCc2cccc3c(C4CCC(=O)NC4=O)nn(C)c23)CC1. The van der Waals surface area contributed by atoms with Gasteiger partial charge in [0.1, 0.15) is 17.2 Å². The monoisotopic (exact) mass is 544 g/mol. The van der Waals surface area contributed by atoms with Gasteiger partial charge in [-0.25, -0.2) is 13.2 Å². The number of sulfonamides is 1. The van der Waals surface area contributed by atoms with E-state index in [0.29, 0.717) is 23.4 Å². The fourth-order valence-electron chi connectivity index (χ4n) is 5.09. The lowest BCUT2D eigenvalue weighted by Gasteiger charge is -2.33. The topological polar surface area (TPSA) is 157 Å². The summed E-state index contributed by atoms with van der Waals surface area (Å²) in [7, 11) is -2.03. The number of aryl methyl sites for hydroxylation is 3. The van der Waals surface area contributed by atoms with Gasteiger partial charge in [0.15, 0.2) is 5.76 Å². The van der Waals surface area contributed by atoms with Crippen LogP contribution in [0.15, 0.2) is 27.6 Å². The van der Waals surface area contributed by atoms with Gasteiger partial charge in [-0.15, -0.1) is 0 Å².